The summed E-state index contributed by atoms with van der Waals surface area (Å²) in [7, 11) is 0. The van der Waals surface area contributed by atoms with Crippen molar-refractivity contribution < 1.29 is 13.5 Å². The zero-order valence-corrected chi connectivity index (χ0v) is 11.4. The number of halogens is 2. The molecule has 0 heterocycles. The monoisotopic (exact) mass is 285 g/mol. The van der Waals surface area contributed by atoms with E-state index in [0.29, 0.717) is 0 Å². The first-order valence-electron chi connectivity index (χ1n) is 6.53. The molecule has 0 aliphatic heterocycles. The maximum Gasteiger partial charge on any atom is 0.191 e. The highest BCUT2D eigenvalue weighted by Gasteiger charge is 2.19. The highest BCUT2D eigenvalue weighted by Crippen LogP contribution is 2.28. The van der Waals surface area contributed by atoms with Gasteiger partial charge in [0, 0.05) is 5.56 Å². The molecule has 1 fully saturated rings. The summed E-state index contributed by atoms with van der Waals surface area (Å²) in [6, 6.07) is 2.24. The third-order valence-electron chi connectivity index (χ3n) is 3.37. The van der Waals surface area contributed by atoms with Crippen molar-refractivity contribution in [2.24, 2.45) is 5.73 Å². The zero-order chi connectivity index (χ0) is 13.8. The van der Waals surface area contributed by atoms with Crippen molar-refractivity contribution in [3.05, 3.63) is 29.3 Å². The van der Waals surface area contributed by atoms with Crippen LogP contribution in [-0.4, -0.2) is 11.1 Å². The Labute approximate surface area is 116 Å². The summed E-state index contributed by atoms with van der Waals surface area (Å²) in [6.45, 7) is 0. The predicted molar refractivity (Wildman–Crippen MR) is 74.4 cm³/mol. The van der Waals surface area contributed by atoms with Crippen LogP contribution in [0, 0.1) is 11.6 Å². The molecule has 0 aromatic heterocycles. The van der Waals surface area contributed by atoms with Crippen LogP contribution in [0.5, 0.6) is 5.75 Å². The van der Waals surface area contributed by atoms with Crippen molar-refractivity contribution in [2.45, 2.75) is 44.6 Å². The van der Waals surface area contributed by atoms with Gasteiger partial charge in [-0.25, -0.2) is 8.78 Å². The van der Waals surface area contributed by atoms with Crippen molar-refractivity contribution in [2.75, 3.05) is 0 Å². The van der Waals surface area contributed by atoms with Crippen LogP contribution in [0.3, 0.4) is 0 Å². The lowest BCUT2D eigenvalue weighted by Crippen LogP contribution is -2.18. The molecular weight excluding hydrogens is 268 g/mol. The van der Waals surface area contributed by atoms with Gasteiger partial charge in [0.15, 0.2) is 17.4 Å². The van der Waals surface area contributed by atoms with Crippen LogP contribution in [-0.2, 0) is 0 Å². The zero-order valence-electron chi connectivity index (χ0n) is 10.6. The third kappa shape index (κ3) is 3.62. The van der Waals surface area contributed by atoms with Gasteiger partial charge in [0.1, 0.15) is 4.99 Å². The number of hydrogen-bond donors (Lipinski definition) is 1. The number of thiocarbonyl (C=S) groups is 1. The van der Waals surface area contributed by atoms with Gasteiger partial charge in [0.05, 0.1) is 6.10 Å². The second-order valence-electron chi connectivity index (χ2n) is 4.86. The summed E-state index contributed by atoms with van der Waals surface area (Å²) in [4.78, 5) is -0.0289. The van der Waals surface area contributed by atoms with Crippen molar-refractivity contribution in [3.8, 4) is 5.75 Å². The molecule has 1 aromatic carbocycles. The summed E-state index contributed by atoms with van der Waals surface area (Å²) in [6.07, 6.45) is 5.97. The number of rotatable bonds is 3. The van der Waals surface area contributed by atoms with E-state index >= 15 is 0 Å². The van der Waals surface area contributed by atoms with E-state index in [9.17, 15) is 8.78 Å². The Balaban J connectivity index is 2.17. The van der Waals surface area contributed by atoms with E-state index in [4.69, 9.17) is 22.7 Å². The van der Waals surface area contributed by atoms with Crippen molar-refractivity contribution >= 4 is 17.2 Å². The van der Waals surface area contributed by atoms with E-state index in [1.165, 1.54) is 0 Å². The van der Waals surface area contributed by atoms with E-state index in [1.54, 1.807) is 0 Å². The summed E-state index contributed by atoms with van der Waals surface area (Å²) < 4.78 is 33.2. The van der Waals surface area contributed by atoms with E-state index in [2.05, 4.69) is 0 Å². The second kappa shape index (κ2) is 6.28. The first-order valence-corrected chi connectivity index (χ1v) is 6.94. The fraction of sp³-hybridized carbons (Fsp3) is 0.500. The Hall–Kier alpha value is -1.23. The summed E-state index contributed by atoms with van der Waals surface area (Å²) in [5.74, 6) is -1.80. The van der Waals surface area contributed by atoms with Crippen molar-refractivity contribution in [3.63, 3.8) is 0 Å². The molecule has 0 amide bonds. The average molecular weight is 285 g/mol. The molecule has 1 saturated carbocycles. The van der Waals surface area contributed by atoms with Gasteiger partial charge in [0.2, 0.25) is 0 Å². The van der Waals surface area contributed by atoms with Gasteiger partial charge in [-0.15, -0.1) is 0 Å². The van der Waals surface area contributed by atoms with Crippen LogP contribution < -0.4 is 10.5 Å². The van der Waals surface area contributed by atoms with Gasteiger partial charge < -0.3 is 10.5 Å². The highest BCUT2D eigenvalue weighted by atomic mass is 32.1. The molecular formula is C14H17F2NOS. The highest BCUT2D eigenvalue weighted by molar-refractivity contribution is 7.80. The third-order valence-corrected chi connectivity index (χ3v) is 3.61. The van der Waals surface area contributed by atoms with Crippen molar-refractivity contribution in [1.82, 2.24) is 0 Å². The molecule has 0 spiro atoms. The van der Waals surface area contributed by atoms with Gasteiger partial charge >= 0.3 is 0 Å². The number of benzene rings is 1. The molecule has 104 valence electrons. The molecule has 1 aliphatic carbocycles. The second-order valence-corrected chi connectivity index (χ2v) is 5.30. The average Bonchev–Trinajstić information content (AvgIpc) is 2.61. The van der Waals surface area contributed by atoms with Crippen LogP contribution in [0.25, 0.3) is 0 Å². The van der Waals surface area contributed by atoms with Crippen LogP contribution in [0.15, 0.2) is 12.1 Å². The van der Waals surface area contributed by atoms with E-state index in [0.717, 1.165) is 50.7 Å². The molecule has 2 rings (SSSR count). The van der Waals surface area contributed by atoms with E-state index in [-0.39, 0.29) is 22.4 Å². The van der Waals surface area contributed by atoms with Crippen LogP contribution in [0.1, 0.15) is 44.1 Å². The fourth-order valence-electron chi connectivity index (χ4n) is 2.34. The van der Waals surface area contributed by atoms with Crippen LogP contribution in [0.2, 0.25) is 0 Å². The lowest BCUT2D eigenvalue weighted by molar-refractivity contribution is 0.167. The van der Waals surface area contributed by atoms with Gasteiger partial charge in [-0.05, 0) is 37.8 Å². The first kappa shape index (κ1) is 14.2. The summed E-state index contributed by atoms with van der Waals surface area (Å²) in [5, 5.41) is 0. The largest absolute Gasteiger partial charge is 0.484 e. The molecule has 0 radical (unpaired) electrons. The number of hydrogen-bond acceptors (Lipinski definition) is 2. The fourth-order valence-corrected chi connectivity index (χ4v) is 2.46. The lowest BCUT2D eigenvalue weighted by atomic mass is 10.1. The smallest absolute Gasteiger partial charge is 0.191 e. The Morgan fingerprint density at radius 2 is 1.63 bits per heavy atom. The number of ether oxygens (including phenoxy) is 1. The summed E-state index contributed by atoms with van der Waals surface area (Å²) >= 11 is 4.71. The molecule has 1 aromatic rings. The molecule has 0 saturated heterocycles. The van der Waals surface area contributed by atoms with Crippen LogP contribution in [0.4, 0.5) is 8.78 Å². The molecule has 2 N–H and O–H groups in total. The topological polar surface area (TPSA) is 35.2 Å². The predicted octanol–water partition coefficient (Wildman–Crippen LogP) is 3.70. The Kier molecular flexibility index (Phi) is 4.69. The molecule has 5 heteroatoms. The minimum atomic E-state index is -0.743. The van der Waals surface area contributed by atoms with Gasteiger partial charge in [0.25, 0.3) is 0 Å². The minimum absolute atomic E-state index is 0.0289. The maximum atomic E-state index is 13.8. The van der Waals surface area contributed by atoms with Gasteiger partial charge in [-0.3, -0.25) is 0 Å². The maximum absolute atomic E-state index is 13.8. The normalized spacial score (nSPS) is 16.9. The SMILES string of the molecule is NC(=S)c1cc(F)c(OC2CCCCCC2)c(F)c1. The molecule has 0 unspecified atom stereocenters. The molecule has 1 aliphatic rings. The summed E-state index contributed by atoms with van der Waals surface area (Å²) in [5.41, 5.74) is 5.54. The Bertz CT molecular complexity index is 448. The Morgan fingerprint density at radius 1 is 1.11 bits per heavy atom. The van der Waals surface area contributed by atoms with Crippen LogP contribution >= 0.6 is 12.2 Å². The molecule has 0 bridgehead atoms. The minimum Gasteiger partial charge on any atom is -0.484 e. The Morgan fingerprint density at radius 3 is 2.11 bits per heavy atom. The molecule has 0 atom stereocenters. The van der Waals surface area contributed by atoms with E-state index in [1.807, 2.05) is 0 Å². The standard InChI is InChI=1S/C14H17F2NOS/c15-11-7-9(14(17)19)8-12(16)13(11)18-10-5-3-1-2-4-6-10/h7-8,10H,1-6H2,(H2,17,19). The van der Waals surface area contributed by atoms with Gasteiger partial charge in [-0.2, -0.15) is 0 Å². The number of nitrogens with two attached hydrogens (primary N) is 1. The molecule has 2 nitrogen and oxygen atoms in total. The molecule has 19 heavy (non-hydrogen) atoms. The van der Waals surface area contributed by atoms with Gasteiger partial charge in [-0.1, -0.05) is 25.1 Å². The first-order chi connectivity index (χ1) is 9.08. The quantitative estimate of drug-likeness (QED) is 0.679. The van der Waals surface area contributed by atoms with Crippen molar-refractivity contribution in [1.29, 1.82) is 0 Å². The lowest BCUT2D eigenvalue weighted by Gasteiger charge is -2.18. The van der Waals surface area contributed by atoms with E-state index < -0.39 is 11.6 Å².